The fraction of sp³-hybridized carbons (Fsp3) is 0.0476. The van der Waals surface area contributed by atoms with Crippen LogP contribution in [-0.2, 0) is 6.61 Å². The first kappa shape index (κ1) is 18.9. The number of carbonyl (C=O) groups excluding carboxylic acids is 1. The number of benzene rings is 3. The number of hydrogen-bond acceptors (Lipinski definition) is 4. The Kier molecular flexibility index (Phi) is 5.33. The number of thiazole rings is 1. The molecule has 1 aromatic heterocycles. The van der Waals surface area contributed by atoms with Gasteiger partial charge in [0.1, 0.15) is 0 Å². The Bertz CT molecular complexity index is 1170. The van der Waals surface area contributed by atoms with E-state index in [9.17, 15) is 9.90 Å². The van der Waals surface area contributed by atoms with Gasteiger partial charge in [0.2, 0.25) is 0 Å². The standard InChI is InChI=1S/C21H14Cl2N2O2S/c22-15-5-2-6-16(23)19(15)20(27)25-21-24-17-10-14(7-8-18(17)28-21)13-4-1-3-12(9-13)11-26/h1-10,26H,11H2,(H,24,25,27). The number of rotatable bonds is 4. The lowest BCUT2D eigenvalue weighted by Gasteiger charge is -2.05. The summed E-state index contributed by atoms with van der Waals surface area (Å²) in [6, 6.07) is 18.5. The van der Waals surface area contributed by atoms with Crippen LogP contribution in [0.4, 0.5) is 5.13 Å². The van der Waals surface area contributed by atoms with E-state index >= 15 is 0 Å². The molecule has 2 N–H and O–H groups in total. The molecule has 0 atom stereocenters. The SMILES string of the molecule is O=C(Nc1nc2cc(-c3cccc(CO)c3)ccc2s1)c1c(Cl)cccc1Cl. The van der Waals surface area contributed by atoms with Gasteiger partial charge in [-0.3, -0.25) is 10.1 Å². The molecule has 28 heavy (non-hydrogen) atoms. The smallest absolute Gasteiger partial charge is 0.260 e. The largest absolute Gasteiger partial charge is 0.392 e. The van der Waals surface area contributed by atoms with E-state index in [1.165, 1.54) is 11.3 Å². The number of halogens is 2. The Morgan fingerprint density at radius 2 is 1.71 bits per heavy atom. The van der Waals surface area contributed by atoms with Crippen LogP contribution in [0.5, 0.6) is 0 Å². The Labute approximate surface area is 175 Å². The lowest BCUT2D eigenvalue weighted by atomic mass is 10.0. The molecule has 4 rings (SSSR count). The molecule has 0 bridgehead atoms. The normalized spacial score (nSPS) is 11.0. The highest BCUT2D eigenvalue weighted by molar-refractivity contribution is 7.22. The average molecular weight is 429 g/mol. The highest BCUT2D eigenvalue weighted by Gasteiger charge is 2.16. The van der Waals surface area contributed by atoms with Crippen molar-refractivity contribution in [1.82, 2.24) is 4.98 Å². The van der Waals surface area contributed by atoms with Gasteiger partial charge in [0.05, 0.1) is 32.4 Å². The van der Waals surface area contributed by atoms with Crippen LogP contribution in [-0.4, -0.2) is 16.0 Å². The number of aliphatic hydroxyl groups excluding tert-OH is 1. The quantitative estimate of drug-likeness (QED) is 0.417. The summed E-state index contributed by atoms with van der Waals surface area (Å²) in [5.74, 6) is -0.398. The highest BCUT2D eigenvalue weighted by atomic mass is 35.5. The second-order valence-electron chi connectivity index (χ2n) is 6.11. The molecule has 0 saturated heterocycles. The number of nitrogens with zero attached hydrogens (tertiary/aromatic N) is 1. The second kappa shape index (κ2) is 7.89. The van der Waals surface area contributed by atoms with Gasteiger partial charge in [0.15, 0.2) is 5.13 Å². The zero-order valence-corrected chi connectivity index (χ0v) is 16.8. The van der Waals surface area contributed by atoms with Crippen molar-refractivity contribution in [3.05, 3.63) is 81.8 Å². The molecular formula is C21H14Cl2N2O2S. The highest BCUT2D eigenvalue weighted by Crippen LogP contribution is 2.32. The molecule has 7 heteroatoms. The zero-order valence-electron chi connectivity index (χ0n) is 14.4. The third-order valence-electron chi connectivity index (χ3n) is 4.24. The maximum atomic E-state index is 12.6. The predicted octanol–water partition coefficient (Wildman–Crippen LogP) is 6.01. The number of fused-ring (bicyclic) bond motifs is 1. The zero-order chi connectivity index (χ0) is 19.7. The van der Waals surface area contributed by atoms with E-state index in [0.717, 1.165) is 26.9 Å². The molecule has 0 unspecified atom stereocenters. The average Bonchev–Trinajstić information content (AvgIpc) is 3.09. The van der Waals surface area contributed by atoms with Crippen molar-refractivity contribution < 1.29 is 9.90 Å². The number of amides is 1. The number of nitrogens with one attached hydrogen (secondary N) is 1. The molecule has 1 amide bonds. The fourth-order valence-electron chi connectivity index (χ4n) is 2.88. The van der Waals surface area contributed by atoms with Crippen LogP contribution in [0.25, 0.3) is 21.3 Å². The maximum Gasteiger partial charge on any atom is 0.260 e. The Morgan fingerprint density at radius 3 is 2.46 bits per heavy atom. The van der Waals surface area contributed by atoms with Crippen molar-refractivity contribution >= 4 is 55.8 Å². The third-order valence-corrected chi connectivity index (χ3v) is 5.82. The van der Waals surface area contributed by atoms with Crippen molar-refractivity contribution in [3.8, 4) is 11.1 Å². The molecule has 0 aliphatic carbocycles. The summed E-state index contributed by atoms with van der Waals surface area (Å²) in [6.45, 7) is -0.00638. The van der Waals surface area contributed by atoms with Gasteiger partial charge in [-0.1, -0.05) is 64.9 Å². The lowest BCUT2D eigenvalue weighted by Crippen LogP contribution is -2.12. The molecule has 4 nitrogen and oxygen atoms in total. The number of carbonyl (C=O) groups is 1. The molecule has 0 radical (unpaired) electrons. The Morgan fingerprint density at radius 1 is 1.00 bits per heavy atom. The van der Waals surface area contributed by atoms with Crippen molar-refractivity contribution in [3.63, 3.8) is 0 Å². The number of aromatic nitrogens is 1. The summed E-state index contributed by atoms with van der Waals surface area (Å²) < 4.78 is 0.947. The van der Waals surface area contributed by atoms with Gasteiger partial charge in [-0.05, 0) is 47.0 Å². The van der Waals surface area contributed by atoms with E-state index < -0.39 is 5.91 Å². The van der Waals surface area contributed by atoms with E-state index in [1.54, 1.807) is 18.2 Å². The van der Waals surface area contributed by atoms with Gasteiger partial charge < -0.3 is 5.11 Å². The van der Waals surface area contributed by atoms with Crippen LogP contribution in [0.1, 0.15) is 15.9 Å². The number of anilines is 1. The lowest BCUT2D eigenvalue weighted by molar-refractivity contribution is 0.102. The van der Waals surface area contributed by atoms with E-state index in [4.69, 9.17) is 23.2 Å². The van der Waals surface area contributed by atoms with Gasteiger partial charge in [0, 0.05) is 0 Å². The Balaban J connectivity index is 1.64. The van der Waals surface area contributed by atoms with Crippen LogP contribution < -0.4 is 5.32 Å². The molecular weight excluding hydrogens is 415 g/mol. The van der Waals surface area contributed by atoms with Crippen LogP contribution in [0.15, 0.2) is 60.7 Å². The minimum absolute atomic E-state index is 0.00638. The fourth-order valence-corrected chi connectivity index (χ4v) is 4.29. The predicted molar refractivity (Wildman–Crippen MR) is 115 cm³/mol. The van der Waals surface area contributed by atoms with E-state index in [1.807, 2.05) is 42.5 Å². The van der Waals surface area contributed by atoms with Crippen molar-refractivity contribution in [1.29, 1.82) is 0 Å². The molecule has 0 saturated carbocycles. The van der Waals surface area contributed by atoms with Gasteiger partial charge in [-0.15, -0.1) is 0 Å². The minimum Gasteiger partial charge on any atom is -0.392 e. The molecule has 0 spiro atoms. The summed E-state index contributed by atoms with van der Waals surface area (Å²) in [5.41, 5.74) is 3.83. The first-order valence-corrected chi connectivity index (χ1v) is 9.98. The molecule has 4 aromatic rings. The first-order chi connectivity index (χ1) is 13.5. The van der Waals surface area contributed by atoms with Crippen molar-refractivity contribution in [2.45, 2.75) is 6.61 Å². The van der Waals surface area contributed by atoms with E-state index in [0.29, 0.717) is 5.13 Å². The summed E-state index contributed by atoms with van der Waals surface area (Å²) in [4.78, 5) is 17.1. The summed E-state index contributed by atoms with van der Waals surface area (Å²) in [7, 11) is 0. The minimum atomic E-state index is -0.398. The Hall–Kier alpha value is -2.44. The monoisotopic (exact) mass is 428 g/mol. The van der Waals surface area contributed by atoms with Crippen LogP contribution >= 0.6 is 34.5 Å². The topological polar surface area (TPSA) is 62.2 Å². The molecule has 3 aromatic carbocycles. The molecule has 0 fully saturated rings. The van der Waals surface area contributed by atoms with Gasteiger partial charge in [-0.25, -0.2) is 4.98 Å². The van der Waals surface area contributed by atoms with Gasteiger partial charge in [-0.2, -0.15) is 0 Å². The summed E-state index contributed by atoms with van der Waals surface area (Å²) in [5, 5.41) is 13.2. The van der Waals surface area contributed by atoms with E-state index in [2.05, 4.69) is 10.3 Å². The molecule has 0 aliphatic rings. The molecule has 1 heterocycles. The van der Waals surface area contributed by atoms with E-state index in [-0.39, 0.29) is 22.2 Å². The second-order valence-corrected chi connectivity index (χ2v) is 7.96. The third kappa shape index (κ3) is 3.75. The van der Waals surface area contributed by atoms with Gasteiger partial charge >= 0.3 is 0 Å². The maximum absolute atomic E-state index is 12.6. The summed E-state index contributed by atoms with van der Waals surface area (Å²) >= 11 is 13.6. The molecule has 140 valence electrons. The van der Waals surface area contributed by atoms with Crippen molar-refractivity contribution in [2.75, 3.05) is 5.32 Å². The first-order valence-electron chi connectivity index (χ1n) is 8.41. The number of hydrogen-bond donors (Lipinski definition) is 2. The van der Waals surface area contributed by atoms with Crippen LogP contribution in [0.2, 0.25) is 10.0 Å². The van der Waals surface area contributed by atoms with Gasteiger partial charge in [0.25, 0.3) is 5.91 Å². The van der Waals surface area contributed by atoms with Crippen LogP contribution in [0, 0.1) is 0 Å². The van der Waals surface area contributed by atoms with Crippen LogP contribution in [0.3, 0.4) is 0 Å². The number of aliphatic hydroxyl groups is 1. The van der Waals surface area contributed by atoms with Crippen molar-refractivity contribution in [2.24, 2.45) is 0 Å². The molecule has 0 aliphatic heterocycles. The summed E-state index contributed by atoms with van der Waals surface area (Å²) in [6.07, 6.45) is 0.